The zero-order valence-electron chi connectivity index (χ0n) is 15.4. The lowest BCUT2D eigenvalue weighted by molar-refractivity contribution is -0.0391. The van der Waals surface area contributed by atoms with E-state index in [9.17, 15) is 4.79 Å². The van der Waals surface area contributed by atoms with E-state index >= 15 is 0 Å². The number of benzene rings is 2. The molecule has 0 aromatic heterocycles. The molecule has 1 aliphatic heterocycles. The monoisotopic (exact) mass is 370 g/mol. The van der Waals surface area contributed by atoms with E-state index in [0.29, 0.717) is 31.0 Å². The summed E-state index contributed by atoms with van der Waals surface area (Å²) in [6.45, 7) is 2.81. The molecule has 27 heavy (non-hydrogen) atoms. The van der Waals surface area contributed by atoms with E-state index < -0.39 is 0 Å². The Bertz CT molecular complexity index is 727. The van der Waals surface area contributed by atoms with Crippen LogP contribution in [0.1, 0.15) is 28.8 Å². The third-order valence-corrected chi connectivity index (χ3v) is 4.40. The maximum Gasteiger partial charge on any atom is 0.256 e. The number of ether oxygens (including phenoxy) is 3. The molecule has 0 atom stereocenters. The number of rotatable bonds is 8. The molecule has 0 aliphatic carbocycles. The molecule has 1 saturated heterocycles. The van der Waals surface area contributed by atoms with E-state index in [1.807, 2.05) is 48.5 Å². The minimum absolute atomic E-state index is 0.156. The summed E-state index contributed by atoms with van der Waals surface area (Å²) in [5.41, 5.74) is 7.63. The molecule has 2 aromatic rings. The molecule has 0 radical (unpaired) electrons. The molecule has 1 fully saturated rings. The van der Waals surface area contributed by atoms with E-state index in [4.69, 9.17) is 19.9 Å². The highest BCUT2D eigenvalue weighted by molar-refractivity contribution is 6.05. The number of amides is 1. The van der Waals surface area contributed by atoms with Gasteiger partial charge in [-0.25, -0.2) is 0 Å². The molecule has 1 aliphatic rings. The molecule has 0 spiro atoms. The van der Waals surface area contributed by atoms with Crippen LogP contribution >= 0.6 is 0 Å². The van der Waals surface area contributed by atoms with Crippen LogP contribution in [0.4, 0.5) is 5.69 Å². The van der Waals surface area contributed by atoms with Crippen LogP contribution in [-0.4, -0.2) is 38.4 Å². The SMILES string of the molecule is NCCOc1ccc(NC(=O)c2ccccc2COC2CCOCC2)cc1. The largest absolute Gasteiger partial charge is 0.492 e. The van der Waals surface area contributed by atoms with Crippen molar-refractivity contribution < 1.29 is 19.0 Å². The molecule has 2 aromatic carbocycles. The van der Waals surface area contributed by atoms with Gasteiger partial charge in [0.25, 0.3) is 5.91 Å². The van der Waals surface area contributed by atoms with Gasteiger partial charge in [-0.05, 0) is 48.7 Å². The fourth-order valence-electron chi connectivity index (χ4n) is 2.93. The summed E-state index contributed by atoms with van der Waals surface area (Å²) < 4.78 is 16.8. The van der Waals surface area contributed by atoms with Gasteiger partial charge in [0.05, 0.1) is 12.7 Å². The number of hydrogen-bond acceptors (Lipinski definition) is 5. The summed E-state index contributed by atoms with van der Waals surface area (Å²) in [5, 5.41) is 2.93. The molecule has 6 heteroatoms. The molecule has 144 valence electrons. The number of carbonyl (C=O) groups is 1. The Morgan fingerprint density at radius 2 is 1.85 bits per heavy atom. The van der Waals surface area contributed by atoms with Crippen molar-refractivity contribution in [2.24, 2.45) is 5.73 Å². The van der Waals surface area contributed by atoms with Gasteiger partial charge in [0, 0.05) is 31.0 Å². The van der Waals surface area contributed by atoms with Crippen LogP contribution in [-0.2, 0) is 16.1 Å². The Hall–Kier alpha value is -2.41. The Morgan fingerprint density at radius 1 is 1.11 bits per heavy atom. The van der Waals surface area contributed by atoms with Gasteiger partial charge in [0.2, 0.25) is 0 Å². The zero-order chi connectivity index (χ0) is 18.9. The molecule has 3 rings (SSSR count). The lowest BCUT2D eigenvalue weighted by Crippen LogP contribution is -2.24. The van der Waals surface area contributed by atoms with E-state index in [0.717, 1.165) is 37.4 Å². The number of hydrogen-bond donors (Lipinski definition) is 2. The average molecular weight is 370 g/mol. The van der Waals surface area contributed by atoms with E-state index in [1.165, 1.54) is 0 Å². The number of nitrogens with one attached hydrogen (secondary N) is 1. The first-order chi connectivity index (χ1) is 13.3. The van der Waals surface area contributed by atoms with Gasteiger partial charge < -0.3 is 25.3 Å². The maximum atomic E-state index is 12.7. The van der Waals surface area contributed by atoms with Crippen LogP contribution in [0, 0.1) is 0 Å². The van der Waals surface area contributed by atoms with Gasteiger partial charge in [0.15, 0.2) is 0 Å². The van der Waals surface area contributed by atoms with Crippen molar-refractivity contribution in [1.29, 1.82) is 0 Å². The van der Waals surface area contributed by atoms with Crippen LogP contribution in [0.3, 0.4) is 0 Å². The highest BCUT2D eigenvalue weighted by Gasteiger charge is 2.16. The van der Waals surface area contributed by atoms with Crippen LogP contribution in [0.2, 0.25) is 0 Å². The minimum Gasteiger partial charge on any atom is -0.492 e. The topological polar surface area (TPSA) is 82.8 Å². The highest BCUT2D eigenvalue weighted by atomic mass is 16.5. The van der Waals surface area contributed by atoms with Crippen molar-refractivity contribution in [3.05, 3.63) is 59.7 Å². The third-order valence-electron chi connectivity index (χ3n) is 4.40. The van der Waals surface area contributed by atoms with Gasteiger partial charge >= 0.3 is 0 Å². The average Bonchev–Trinajstić information content (AvgIpc) is 2.72. The molecule has 1 amide bonds. The molecule has 0 bridgehead atoms. The number of anilines is 1. The highest BCUT2D eigenvalue weighted by Crippen LogP contribution is 2.19. The van der Waals surface area contributed by atoms with Crippen molar-refractivity contribution in [1.82, 2.24) is 0 Å². The second-order valence-electron chi connectivity index (χ2n) is 6.40. The predicted molar refractivity (Wildman–Crippen MR) is 104 cm³/mol. The zero-order valence-corrected chi connectivity index (χ0v) is 15.4. The summed E-state index contributed by atoms with van der Waals surface area (Å²) >= 11 is 0. The standard InChI is InChI=1S/C21H26N2O4/c22-11-14-26-18-7-5-17(6-8-18)23-21(24)20-4-2-1-3-16(20)15-27-19-9-12-25-13-10-19/h1-8,19H,9-15,22H2,(H,23,24). The molecular formula is C21H26N2O4. The van der Waals surface area contributed by atoms with E-state index in [1.54, 1.807) is 0 Å². The van der Waals surface area contributed by atoms with Gasteiger partial charge in [-0.1, -0.05) is 18.2 Å². The van der Waals surface area contributed by atoms with Crippen molar-refractivity contribution in [3.63, 3.8) is 0 Å². The lowest BCUT2D eigenvalue weighted by Gasteiger charge is -2.23. The quantitative estimate of drug-likeness (QED) is 0.746. The van der Waals surface area contributed by atoms with E-state index in [2.05, 4.69) is 5.32 Å². The first-order valence-electron chi connectivity index (χ1n) is 9.28. The minimum atomic E-state index is -0.156. The normalized spacial score (nSPS) is 14.7. The molecule has 0 unspecified atom stereocenters. The fourth-order valence-corrected chi connectivity index (χ4v) is 2.93. The summed E-state index contributed by atoms with van der Waals surface area (Å²) in [7, 11) is 0. The molecule has 3 N–H and O–H groups in total. The lowest BCUT2D eigenvalue weighted by atomic mass is 10.1. The van der Waals surface area contributed by atoms with Crippen LogP contribution in [0.25, 0.3) is 0 Å². The first-order valence-corrected chi connectivity index (χ1v) is 9.28. The van der Waals surface area contributed by atoms with Crippen LogP contribution in [0.5, 0.6) is 5.75 Å². The smallest absolute Gasteiger partial charge is 0.256 e. The Labute approximate surface area is 159 Å². The predicted octanol–water partition coefficient (Wildman–Crippen LogP) is 2.97. The van der Waals surface area contributed by atoms with Gasteiger partial charge in [-0.15, -0.1) is 0 Å². The van der Waals surface area contributed by atoms with Crippen LogP contribution < -0.4 is 15.8 Å². The van der Waals surface area contributed by atoms with Crippen molar-refractivity contribution >= 4 is 11.6 Å². The summed E-state index contributed by atoms with van der Waals surface area (Å²) in [6.07, 6.45) is 1.98. The summed E-state index contributed by atoms with van der Waals surface area (Å²) in [4.78, 5) is 12.7. The molecule has 1 heterocycles. The van der Waals surface area contributed by atoms with Crippen molar-refractivity contribution in [2.45, 2.75) is 25.6 Å². The third kappa shape index (κ3) is 5.79. The van der Waals surface area contributed by atoms with Crippen molar-refractivity contribution in [3.8, 4) is 5.75 Å². The van der Waals surface area contributed by atoms with E-state index in [-0.39, 0.29) is 12.0 Å². The Balaban J connectivity index is 1.60. The van der Waals surface area contributed by atoms with Crippen LogP contribution in [0.15, 0.2) is 48.5 Å². The summed E-state index contributed by atoms with van der Waals surface area (Å²) in [5.74, 6) is 0.570. The molecular weight excluding hydrogens is 344 g/mol. The number of carbonyl (C=O) groups excluding carboxylic acids is 1. The number of nitrogens with two attached hydrogens (primary N) is 1. The molecule has 6 nitrogen and oxygen atoms in total. The van der Waals surface area contributed by atoms with Gasteiger partial charge in [-0.3, -0.25) is 4.79 Å². The first kappa shape index (κ1) is 19.4. The maximum absolute atomic E-state index is 12.7. The van der Waals surface area contributed by atoms with Gasteiger partial charge in [0.1, 0.15) is 12.4 Å². The Kier molecular flexibility index (Phi) is 7.21. The molecule has 0 saturated carbocycles. The fraction of sp³-hybridized carbons (Fsp3) is 0.381. The Morgan fingerprint density at radius 3 is 2.59 bits per heavy atom. The second-order valence-corrected chi connectivity index (χ2v) is 6.40. The second kappa shape index (κ2) is 10.1. The van der Waals surface area contributed by atoms with Gasteiger partial charge in [-0.2, -0.15) is 0 Å². The summed E-state index contributed by atoms with van der Waals surface area (Å²) in [6, 6.07) is 14.8. The van der Waals surface area contributed by atoms with Crippen molar-refractivity contribution in [2.75, 3.05) is 31.7 Å².